The van der Waals surface area contributed by atoms with Crippen LogP contribution in [0.1, 0.15) is 12.8 Å². The molecule has 1 unspecified atom stereocenters. The SMILES string of the molecule is O=c1ncc2ccccc2n1N1CCCC(O)C1. The van der Waals surface area contributed by atoms with Crippen molar-refractivity contribution in [3.05, 3.63) is 40.9 Å². The molecule has 1 fully saturated rings. The van der Waals surface area contributed by atoms with Crippen molar-refractivity contribution < 1.29 is 5.11 Å². The minimum absolute atomic E-state index is 0.289. The van der Waals surface area contributed by atoms with Crippen LogP contribution >= 0.6 is 0 Å². The van der Waals surface area contributed by atoms with Gasteiger partial charge in [0.05, 0.1) is 18.2 Å². The van der Waals surface area contributed by atoms with Crippen molar-refractivity contribution in [1.29, 1.82) is 0 Å². The summed E-state index contributed by atoms with van der Waals surface area (Å²) in [5, 5.41) is 12.5. The van der Waals surface area contributed by atoms with Gasteiger partial charge >= 0.3 is 5.69 Å². The third kappa shape index (κ3) is 1.86. The molecule has 1 aliphatic heterocycles. The number of fused-ring (bicyclic) bond motifs is 1. The first kappa shape index (κ1) is 11.2. The predicted octanol–water partition coefficient (Wildman–Crippen LogP) is 0.489. The zero-order valence-corrected chi connectivity index (χ0v) is 9.99. The Morgan fingerprint density at radius 2 is 2.17 bits per heavy atom. The van der Waals surface area contributed by atoms with Crippen molar-refractivity contribution in [3.63, 3.8) is 0 Å². The number of rotatable bonds is 1. The number of piperidine rings is 1. The van der Waals surface area contributed by atoms with E-state index in [1.54, 1.807) is 10.9 Å². The molecule has 2 heterocycles. The van der Waals surface area contributed by atoms with Crippen molar-refractivity contribution in [2.45, 2.75) is 18.9 Å². The molecule has 0 amide bonds. The van der Waals surface area contributed by atoms with Crippen LogP contribution in [0.3, 0.4) is 0 Å². The molecule has 1 N–H and O–H groups in total. The second-order valence-corrected chi connectivity index (χ2v) is 4.62. The Bertz CT molecular complexity index is 623. The van der Waals surface area contributed by atoms with Crippen LogP contribution in [-0.2, 0) is 0 Å². The van der Waals surface area contributed by atoms with E-state index >= 15 is 0 Å². The van der Waals surface area contributed by atoms with Gasteiger partial charge in [-0.1, -0.05) is 18.2 Å². The minimum Gasteiger partial charge on any atom is -0.391 e. The maximum atomic E-state index is 12.0. The summed E-state index contributed by atoms with van der Waals surface area (Å²) in [4.78, 5) is 15.9. The molecule has 18 heavy (non-hydrogen) atoms. The van der Waals surface area contributed by atoms with E-state index in [-0.39, 0.29) is 11.8 Å². The summed E-state index contributed by atoms with van der Waals surface area (Å²) in [5.41, 5.74) is 0.550. The van der Waals surface area contributed by atoms with Crippen LogP contribution in [-0.4, -0.2) is 34.0 Å². The fourth-order valence-corrected chi connectivity index (χ4v) is 2.46. The van der Waals surface area contributed by atoms with Crippen LogP contribution in [0.5, 0.6) is 0 Å². The number of benzene rings is 1. The van der Waals surface area contributed by atoms with Crippen LogP contribution in [0.2, 0.25) is 0 Å². The molecule has 0 radical (unpaired) electrons. The largest absolute Gasteiger partial charge is 0.391 e. The maximum Gasteiger partial charge on any atom is 0.366 e. The third-order valence-electron chi connectivity index (χ3n) is 3.32. The summed E-state index contributed by atoms with van der Waals surface area (Å²) in [6.07, 6.45) is 2.90. The lowest BCUT2D eigenvalue weighted by molar-refractivity contribution is 0.143. The Hall–Kier alpha value is -1.88. The Kier molecular flexibility index (Phi) is 2.76. The molecule has 5 nitrogen and oxygen atoms in total. The molecule has 1 aromatic carbocycles. The van der Waals surface area contributed by atoms with Gasteiger partial charge in [0, 0.05) is 18.1 Å². The molecule has 0 aliphatic carbocycles. The smallest absolute Gasteiger partial charge is 0.366 e. The summed E-state index contributed by atoms with van der Waals surface area (Å²) in [7, 11) is 0. The molecular formula is C13H15N3O2. The van der Waals surface area contributed by atoms with Crippen molar-refractivity contribution in [1.82, 2.24) is 9.66 Å². The van der Waals surface area contributed by atoms with Crippen LogP contribution < -0.4 is 10.7 Å². The van der Waals surface area contributed by atoms with E-state index in [4.69, 9.17) is 0 Å². The van der Waals surface area contributed by atoms with E-state index in [1.165, 1.54) is 0 Å². The second kappa shape index (κ2) is 4.42. The van der Waals surface area contributed by atoms with Gasteiger partial charge in [0.1, 0.15) is 0 Å². The Morgan fingerprint density at radius 1 is 1.33 bits per heavy atom. The number of hydrogen-bond acceptors (Lipinski definition) is 4. The molecule has 0 bridgehead atoms. The van der Waals surface area contributed by atoms with Crippen LogP contribution in [0.4, 0.5) is 0 Å². The highest BCUT2D eigenvalue weighted by Crippen LogP contribution is 2.14. The van der Waals surface area contributed by atoms with E-state index in [1.807, 2.05) is 29.3 Å². The molecule has 1 saturated heterocycles. The molecule has 1 aliphatic rings. The number of para-hydroxylation sites is 1. The maximum absolute atomic E-state index is 12.0. The number of aliphatic hydroxyl groups is 1. The number of hydrogen-bond donors (Lipinski definition) is 1. The summed E-state index contributed by atoms with van der Waals surface area (Å²) in [6, 6.07) is 7.65. The highest BCUT2D eigenvalue weighted by atomic mass is 16.3. The van der Waals surface area contributed by atoms with E-state index in [0.29, 0.717) is 6.54 Å². The third-order valence-corrected chi connectivity index (χ3v) is 3.32. The van der Waals surface area contributed by atoms with Gasteiger partial charge in [0.25, 0.3) is 0 Å². The molecule has 5 heteroatoms. The van der Waals surface area contributed by atoms with Crippen molar-refractivity contribution in [3.8, 4) is 0 Å². The van der Waals surface area contributed by atoms with Crippen LogP contribution in [0.15, 0.2) is 35.3 Å². The Labute approximate surface area is 104 Å². The van der Waals surface area contributed by atoms with Gasteiger partial charge in [-0.25, -0.2) is 9.47 Å². The number of aliphatic hydroxyl groups excluding tert-OH is 1. The fourth-order valence-electron chi connectivity index (χ4n) is 2.46. The van der Waals surface area contributed by atoms with Gasteiger partial charge in [0.15, 0.2) is 0 Å². The van der Waals surface area contributed by atoms with Gasteiger partial charge < -0.3 is 10.1 Å². The summed E-state index contributed by atoms with van der Waals surface area (Å²) < 4.78 is 1.58. The van der Waals surface area contributed by atoms with E-state index < -0.39 is 0 Å². The topological polar surface area (TPSA) is 58.4 Å². The first-order chi connectivity index (χ1) is 8.75. The highest BCUT2D eigenvalue weighted by molar-refractivity contribution is 5.78. The van der Waals surface area contributed by atoms with Gasteiger partial charge in [-0.05, 0) is 18.9 Å². The predicted molar refractivity (Wildman–Crippen MR) is 69.2 cm³/mol. The Morgan fingerprint density at radius 3 is 3.00 bits per heavy atom. The first-order valence-electron chi connectivity index (χ1n) is 6.16. The lowest BCUT2D eigenvalue weighted by atomic mass is 10.1. The Balaban J connectivity index is 2.15. The monoisotopic (exact) mass is 245 g/mol. The number of aromatic nitrogens is 2. The van der Waals surface area contributed by atoms with Crippen molar-refractivity contribution in [2.24, 2.45) is 0 Å². The molecule has 0 saturated carbocycles. The molecule has 94 valence electrons. The van der Waals surface area contributed by atoms with Crippen molar-refractivity contribution in [2.75, 3.05) is 18.1 Å². The second-order valence-electron chi connectivity index (χ2n) is 4.62. The summed E-state index contributed by atoms with van der Waals surface area (Å²) >= 11 is 0. The van der Waals surface area contributed by atoms with E-state index in [0.717, 1.165) is 30.3 Å². The molecule has 3 rings (SSSR count). The minimum atomic E-state index is -0.371. The normalized spacial score (nSPS) is 20.3. The van der Waals surface area contributed by atoms with E-state index in [9.17, 15) is 9.90 Å². The summed E-state index contributed by atoms with van der Waals surface area (Å²) in [5.74, 6) is 0. The van der Waals surface area contributed by atoms with Crippen LogP contribution in [0.25, 0.3) is 10.9 Å². The van der Waals surface area contributed by atoms with Gasteiger partial charge in [-0.15, -0.1) is 0 Å². The lowest BCUT2D eigenvalue weighted by Gasteiger charge is -2.33. The fraction of sp³-hybridized carbons (Fsp3) is 0.385. The van der Waals surface area contributed by atoms with E-state index in [2.05, 4.69) is 4.98 Å². The highest BCUT2D eigenvalue weighted by Gasteiger charge is 2.20. The van der Waals surface area contributed by atoms with Gasteiger partial charge in [0.2, 0.25) is 0 Å². The number of nitrogens with zero attached hydrogens (tertiary/aromatic N) is 3. The van der Waals surface area contributed by atoms with Gasteiger partial charge in [-0.2, -0.15) is 4.98 Å². The van der Waals surface area contributed by atoms with Crippen LogP contribution in [0, 0.1) is 0 Å². The average Bonchev–Trinajstić information content (AvgIpc) is 2.38. The first-order valence-corrected chi connectivity index (χ1v) is 6.16. The quantitative estimate of drug-likeness (QED) is 0.794. The molecule has 1 aromatic heterocycles. The number of β-amino-alcohol motifs (C(OH)–C–C–N with tert-alkyl or cyclic N) is 1. The van der Waals surface area contributed by atoms with Crippen molar-refractivity contribution >= 4 is 10.9 Å². The molecule has 0 spiro atoms. The molecule has 2 aromatic rings. The average molecular weight is 245 g/mol. The zero-order chi connectivity index (χ0) is 12.5. The molecule has 1 atom stereocenters. The molecular weight excluding hydrogens is 230 g/mol. The zero-order valence-electron chi connectivity index (χ0n) is 9.99. The standard InChI is InChI=1S/C13H15N3O2/c17-11-5-3-7-15(9-11)16-12-6-2-1-4-10(12)8-14-13(16)18/h1-2,4,6,8,11,17H,3,5,7,9H2. The lowest BCUT2D eigenvalue weighted by Crippen LogP contribution is -2.50. The summed E-state index contributed by atoms with van der Waals surface area (Å²) in [6.45, 7) is 1.25. The van der Waals surface area contributed by atoms with Gasteiger partial charge in [-0.3, -0.25) is 0 Å².